The lowest BCUT2D eigenvalue weighted by atomic mass is 9.85. The minimum atomic E-state index is 0.608. The van der Waals surface area contributed by atoms with Gasteiger partial charge in [-0.2, -0.15) is 0 Å². The number of hydrogen-bond donors (Lipinski definition) is 0. The number of nitrogens with zero attached hydrogens (tertiary/aromatic N) is 3. The molecule has 4 heteroatoms. The second kappa shape index (κ2) is 14.8. The molecule has 0 spiro atoms. The molecular formula is C63H37N3O. The molecule has 0 aliphatic carbocycles. The monoisotopic (exact) mass is 851 g/mol. The Morgan fingerprint density at radius 2 is 0.687 bits per heavy atom. The van der Waals surface area contributed by atoms with E-state index < -0.39 is 0 Å². The molecule has 0 N–H and O–H groups in total. The Balaban J connectivity index is 0.895. The van der Waals surface area contributed by atoms with Gasteiger partial charge in [-0.3, -0.25) is 0 Å². The lowest BCUT2D eigenvalue weighted by Gasteiger charge is -2.18. The van der Waals surface area contributed by atoms with Gasteiger partial charge in [0.2, 0.25) is 0 Å². The van der Waals surface area contributed by atoms with Gasteiger partial charge in [0.25, 0.3) is 0 Å². The van der Waals surface area contributed by atoms with Crippen LogP contribution in [0.25, 0.3) is 143 Å². The lowest BCUT2D eigenvalue weighted by Crippen LogP contribution is -2.00. The van der Waals surface area contributed by atoms with Crippen molar-refractivity contribution in [2.75, 3.05) is 0 Å². The Kier molecular flexibility index (Phi) is 8.25. The van der Waals surface area contributed by atoms with Gasteiger partial charge in [-0.15, -0.1) is 0 Å². The topological polar surface area (TPSA) is 51.8 Å². The molecule has 0 amide bonds. The van der Waals surface area contributed by atoms with Crippen molar-refractivity contribution < 1.29 is 4.42 Å². The second-order valence-corrected chi connectivity index (χ2v) is 17.5. The van der Waals surface area contributed by atoms with Crippen LogP contribution in [0.4, 0.5) is 0 Å². The summed E-state index contributed by atoms with van der Waals surface area (Å²) in [6.45, 7) is 0. The van der Waals surface area contributed by atoms with Crippen molar-refractivity contribution in [3.05, 3.63) is 224 Å². The van der Waals surface area contributed by atoms with Gasteiger partial charge < -0.3 is 4.42 Å². The third-order valence-electron chi connectivity index (χ3n) is 13.6. The van der Waals surface area contributed by atoms with Gasteiger partial charge in [-0.1, -0.05) is 200 Å². The van der Waals surface area contributed by atoms with Crippen molar-refractivity contribution in [1.29, 1.82) is 0 Å². The average Bonchev–Trinajstić information content (AvgIpc) is 3.84. The first kappa shape index (κ1) is 37.4. The van der Waals surface area contributed by atoms with Crippen LogP contribution in [0.5, 0.6) is 0 Å². The molecule has 67 heavy (non-hydrogen) atoms. The normalized spacial score (nSPS) is 11.9. The molecule has 0 bridgehead atoms. The SMILES string of the molecule is c1ccc(-c2nc(-c3ccc(-c4cc5ccccc5o4)cc3)nc(-c3ccc(-c4ccccc4-c4cc5ccc6cccc7c8cccc9ccc%10cccc(c(c4)c5c67)c%10c98)cc3)n2)cc1. The smallest absolute Gasteiger partial charge is 0.164 e. The van der Waals surface area contributed by atoms with E-state index >= 15 is 0 Å². The van der Waals surface area contributed by atoms with Gasteiger partial charge in [-0.25, -0.2) is 15.0 Å². The summed E-state index contributed by atoms with van der Waals surface area (Å²) >= 11 is 0. The van der Waals surface area contributed by atoms with Crippen LogP contribution in [0.15, 0.2) is 229 Å². The molecule has 0 saturated carbocycles. The number of fused-ring (bicyclic) bond motifs is 3. The van der Waals surface area contributed by atoms with Crippen LogP contribution in [0.2, 0.25) is 0 Å². The van der Waals surface area contributed by atoms with Crippen LogP contribution in [0.3, 0.4) is 0 Å². The summed E-state index contributed by atoms with van der Waals surface area (Å²) in [4.78, 5) is 15.1. The predicted molar refractivity (Wildman–Crippen MR) is 278 cm³/mol. The van der Waals surface area contributed by atoms with Gasteiger partial charge in [0.05, 0.1) is 0 Å². The quantitative estimate of drug-likeness (QED) is 0.156. The Labute approximate surface area is 385 Å². The van der Waals surface area contributed by atoms with Gasteiger partial charge in [0.15, 0.2) is 17.5 Å². The fourth-order valence-electron chi connectivity index (χ4n) is 10.5. The molecule has 14 rings (SSSR count). The largest absolute Gasteiger partial charge is 0.456 e. The summed E-state index contributed by atoms with van der Waals surface area (Å²) in [6.07, 6.45) is 0. The van der Waals surface area contributed by atoms with Crippen molar-refractivity contribution in [3.8, 4) is 67.7 Å². The standard InChI is InChI=1S/C63H37N3O/c1-2-11-43(12-3-1)61-64-62(66-63(65-61)45-32-25-39(26-33-45)56-37-46-13-4-7-22-55(46)67-56)44-30-23-38(24-31-44)49-17-5-6-18-50(49)48-35-47-34-29-42-15-9-20-52-51-19-8-14-40-27-28-41-16-10-21-53(59(41)57(40)51)54(36-48)60(47)58(42)52/h1-37H. The zero-order valence-electron chi connectivity index (χ0n) is 36.1. The van der Waals surface area contributed by atoms with Crippen molar-refractivity contribution in [3.63, 3.8) is 0 Å². The summed E-state index contributed by atoms with van der Waals surface area (Å²) in [5, 5.41) is 16.4. The zero-order valence-corrected chi connectivity index (χ0v) is 36.1. The van der Waals surface area contributed by atoms with Crippen molar-refractivity contribution in [2.24, 2.45) is 0 Å². The van der Waals surface area contributed by atoms with E-state index in [0.717, 1.165) is 50.1 Å². The maximum absolute atomic E-state index is 6.17. The first-order valence-corrected chi connectivity index (χ1v) is 22.7. The molecular weight excluding hydrogens is 815 g/mol. The van der Waals surface area contributed by atoms with Crippen LogP contribution in [0, 0.1) is 0 Å². The molecule has 14 aromatic rings. The molecule has 0 atom stereocenters. The molecule has 4 nitrogen and oxygen atoms in total. The predicted octanol–water partition coefficient (Wildman–Crippen LogP) is 17.0. The molecule has 2 aromatic heterocycles. The van der Waals surface area contributed by atoms with Crippen molar-refractivity contribution in [1.82, 2.24) is 15.0 Å². The first-order chi connectivity index (χ1) is 33.2. The van der Waals surface area contributed by atoms with Crippen LogP contribution in [0.1, 0.15) is 0 Å². The highest BCUT2D eigenvalue weighted by Crippen LogP contribution is 2.45. The highest BCUT2D eigenvalue weighted by Gasteiger charge is 2.19. The fraction of sp³-hybridized carbons (Fsp3) is 0. The van der Waals surface area contributed by atoms with E-state index in [-0.39, 0.29) is 0 Å². The van der Waals surface area contributed by atoms with Crippen molar-refractivity contribution in [2.45, 2.75) is 0 Å². The van der Waals surface area contributed by atoms with E-state index in [1.54, 1.807) is 0 Å². The lowest BCUT2D eigenvalue weighted by molar-refractivity contribution is 0.631. The maximum Gasteiger partial charge on any atom is 0.164 e. The summed E-state index contributed by atoms with van der Waals surface area (Å²) in [7, 11) is 0. The van der Waals surface area contributed by atoms with E-state index in [9.17, 15) is 0 Å². The number of rotatable bonds is 6. The number of furan rings is 1. The molecule has 0 aliphatic heterocycles. The van der Waals surface area contributed by atoms with Gasteiger partial charge in [0, 0.05) is 27.6 Å². The van der Waals surface area contributed by atoms with Gasteiger partial charge >= 0.3 is 0 Å². The first-order valence-electron chi connectivity index (χ1n) is 22.7. The number of hydrogen-bond acceptors (Lipinski definition) is 4. The third kappa shape index (κ3) is 6.04. The van der Waals surface area contributed by atoms with E-state index in [2.05, 4.69) is 176 Å². The molecule has 0 fully saturated rings. The molecule has 310 valence electrons. The Hall–Kier alpha value is -8.99. The number of aromatic nitrogens is 3. The molecule has 0 unspecified atom stereocenters. The number of para-hydroxylation sites is 1. The van der Waals surface area contributed by atoms with Crippen LogP contribution in [-0.2, 0) is 0 Å². The minimum Gasteiger partial charge on any atom is -0.456 e. The van der Waals surface area contributed by atoms with Gasteiger partial charge in [0.1, 0.15) is 11.3 Å². The second-order valence-electron chi connectivity index (χ2n) is 17.5. The maximum atomic E-state index is 6.17. The fourth-order valence-corrected chi connectivity index (χ4v) is 10.5. The highest BCUT2D eigenvalue weighted by molar-refractivity contribution is 6.37. The van der Waals surface area contributed by atoms with E-state index in [0.29, 0.717) is 17.5 Å². The molecule has 0 saturated heterocycles. The van der Waals surface area contributed by atoms with Gasteiger partial charge in [-0.05, 0) is 111 Å². The molecule has 12 aromatic carbocycles. The minimum absolute atomic E-state index is 0.608. The Morgan fingerprint density at radius 3 is 1.27 bits per heavy atom. The van der Waals surface area contributed by atoms with E-state index in [1.165, 1.54) is 75.8 Å². The Bertz CT molecular complexity index is 4210. The number of benzene rings is 11. The highest BCUT2D eigenvalue weighted by atomic mass is 16.3. The zero-order chi connectivity index (χ0) is 44.0. The summed E-state index contributed by atoms with van der Waals surface area (Å²) in [5.41, 5.74) is 9.22. The molecule has 2 heterocycles. The van der Waals surface area contributed by atoms with Crippen LogP contribution >= 0.6 is 0 Å². The van der Waals surface area contributed by atoms with E-state index in [4.69, 9.17) is 19.4 Å². The molecule has 0 aliphatic rings. The summed E-state index contributed by atoms with van der Waals surface area (Å²) in [5.74, 6) is 2.67. The average molecular weight is 852 g/mol. The van der Waals surface area contributed by atoms with Crippen LogP contribution in [-0.4, -0.2) is 15.0 Å². The Morgan fingerprint density at radius 1 is 0.254 bits per heavy atom. The van der Waals surface area contributed by atoms with E-state index in [1.807, 2.05) is 48.5 Å². The molecule has 0 radical (unpaired) electrons. The summed E-state index contributed by atoms with van der Waals surface area (Å²) < 4.78 is 6.17. The third-order valence-corrected chi connectivity index (χ3v) is 13.6. The van der Waals surface area contributed by atoms with Crippen molar-refractivity contribution >= 4 is 75.6 Å². The summed E-state index contributed by atoms with van der Waals surface area (Å²) in [6, 6.07) is 80.2. The van der Waals surface area contributed by atoms with Crippen LogP contribution < -0.4 is 0 Å².